The normalized spacial score (nSPS) is 12.2. The number of aryl methyl sites for hydroxylation is 2. The fraction of sp³-hybridized carbons (Fsp3) is 0.417. The number of unbranched alkanes of at least 4 members (excludes halogenated alkanes) is 1. The van der Waals surface area contributed by atoms with Gasteiger partial charge in [-0.25, -0.2) is 18.4 Å². The lowest BCUT2D eigenvalue weighted by Gasteiger charge is -2.20. The molecule has 194 valence electrons. The third-order valence-corrected chi connectivity index (χ3v) is 6.94. The van der Waals surface area contributed by atoms with Crippen LogP contribution in [-0.2, 0) is 16.4 Å². The molecule has 0 aliphatic heterocycles. The Bertz CT molecular complexity index is 1350. The van der Waals surface area contributed by atoms with E-state index in [2.05, 4.69) is 19.7 Å². The van der Waals surface area contributed by atoms with Crippen LogP contribution in [0.1, 0.15) is 49.8 Å². The molecule has 3 aromatic rings. The number of aromatic hydroxyl groups is 1. The van der Waals surface area contributed by atoms with Crippen molar-refractivity contribution in [3.63, 3.8) is 0 Å². The summed E-state index contributed by atoms with van der Waals surface area (Å²) in [6.45, 7) is 5.47. The largest absolute Gasteiger partial charge is 0.494 e. The number of aromatic nitrogens is 4. The first-order valence-corrected chi connectivity index (χ1v) is 13.1. The number of benzene rings is 1. The van der Waals surface area contributed by atoms with Gasteiger partial charge in [0.2, 0.25) is 15.9 Å². The van der Waals surface area contributed by atoms with E-state index in [1.165, 1.54) is 18.8 Å². The second kappa shape index (κ2) is 11.4. The number of ether oxygens (including phenoxy) is 2. The van der Waals surface area contributed by atoms with E-state index in [9.17, 15) is 18.3 Å². The molecule has 12 heteroatoms. The molecule has 2 heterocycles. The summed E-state index contributed by atoms with van der Waals surface area (Å²) in [6, 6.07) is 4.99. The molecule has 0 aliphatic rings. The minimum absolute atomic E-state index is 0.242. The summed E-state index contributed by atoms with van der Waals surface area (Å²) in [5, 5.41) is 10.6. The number of hydrogen-bond acceptors (Lipinski definition) is 9. The van der Waals surface area contributed by atoms with Gasteiger partial charge in [-0.3, -0.25) is 14.1 Å². The number of para-hydroxylation sites is 1. The van der Waals surface area contributed by atoms with Crippen LogP contribution in [0.15, 0.2) is 35.4 Å². The van der Waals surface area contributed by atoms with Gasteiger partial charge in [-0.2, -0.15) is 4.98 Å². The summed E-state index contributed by atoms with van der Waals surface area (Å²) in [5.41, 5.74) is -0.272. The van der Waals surface area contributed by atoms with Crippen molar-refractivity contribution < 1.29 is 23.0 Å². The topological polar surface area (TPSA) is 146 Å². The predicted molar refractivity (Wildman–Crippen MR) is 136 cm³/mol. The van der Waals surface area contributed by atoms with Crippen LogP contribution >= 0.6 is 0 Å². The van der Waals surface area contributed by atoms with Gasteiger partial charge in [-0.1, -0.05) is 26.3 Å². The molecule has 0 radical (unpaired) electrons. The fourth-order valence-corrected chi connectivity index (χ4v) is 5.07. The Morgan fingerprint density at radius 2 is 1.75 bits per heavy atom. The van der Waals surface area contributed by atoms with Crippen molar-refractivity contribution in [2.75, 3.05) is 24.7 Å². The maximum Gasteiger partial charge on any atom is 0.286 e. The van der Waals surface area contributed by atoms with Crippen molar-refractivity contribution in [3.8, 4) is 23.1 Å². The highest BCUT2D eigenvalue weighted by molar-refractivity contribution is 7.92. The summed E-state index contributed by atoms with van der Waals surface area (Å²) < 4.78 is 40.4. The van der Waals surface area contributed by atoms with Crippen LogP contribution in [-0.4, -0.2) is 53.0 Å². The van der Waals surface area contributed by atoms with Crippen LogP contribution in [0, 0.1) is 6.92 Å². The third-order valence-electron chi connectivity index (χ3n) is 5.48. The van der Waals surface area contributed by atoms with Gasteiger partial charge < -0.3 is 14.6 Å². The van der Waals surface area contributed by atoms with Gasteiger partial charge >= 0.3 is 0 Å². The standard InChI is InChI=1S/C24H31N5O6S/c1-6-7-11-19-27-23(30)20(24(31)29(19)21-17(34-4)9-8-10-18(21)35-5)28-36(32,33)14-16(3)22-25-12-15(2)13-26-22/h8-10,12-13,16,28,30H,6-7,11,14H2,1-5H3/t16-/m1/s1. The van der Waals surface area contributed by atoms with E-state index in [-0.39, 0.29) is 11.5 Å². The first-order valence-electron chi connectivity index (χ1n) is 11.5. The fourth-order valence-electron chi connectivity index (χ4n) is 3.69. The Morgan fingerprint density at radius 3 is 2.31 bits per heavy atom. The molecule has 2 N–H and O–H groups in total. The Balaban J connectivity index is 2.10. The van der Waals surface area contributed by atoms with Gasteiger partial charge in [0, 0.05) is 24.7 Å². The van der Waals surface area contributed by atoms with E-state index in [1.54, 1.807) is 37.5 Å². The summed E-state index contributed by atoms with van der Waals surface area (Å²) >= 11 is 0. The van der Waals surface area contributed by atoms with Crippen LogP contribution in [0.2, 0.25) is 0 Å². The first kappa shape index (κ1) is 26.9. The Hall–Kier alpha value is -3.67. The molecule has 0 fully saturated rings. The molecule has 1 atom stereocenters. The van der Waals surface area contributed by atoms with Crippen molar-refractivity contribution in [2.24, 2.45) is 0 Å². The SMILES string of the molecule is CCCCc1nc(O)c(NS(=O)(=O)C[C@@H](C)c2ncc(C)cn2)c(=O)n1-c1c(OC)cccc1OC. The molecule has 0 saturated heterocycles. The molecular formula is C24H31N5O6S. The lowest BCUT2D eigenvalue weighted by atomic mass is 10.2. The van der Waals surface area contributed by atoms with E-state index in [0.717, 1.165) is 12.0 Å². The highest BCUT2D eigenvalue weighted by Gasteiger charge is 2.27. The minimum atomic E-state index is -4.10. The van der Waals surface area contributed by atoms with Crippen LogP contribution in [0.4, 0.5) is 5.69 Å². The lowest BCUT2D eigenvalue weighted by Crippen LogP contribution is -2.31. The molecule has 11 nitrogen and oxygen atoms in total. The van der Waals surface area contributed by atoms with Crippen LogP contribution in [0.3, 0.4) is 0 Å². The zero-order valence-corrected chi connectivity index (χ0v) is 21.8. The molecule has 0 bridgehead atoms. The monoisotopic (exact) mass is 517 g/mol. The number of nitrogens with one attached hydrogen (secondary N) is 1. The average Bonchev–Trinajstić information content (AvgIpc) is 2.85. The Labute approximate surface area is 210 Å². The molecule has 0 spiro atoms. The smallest absolute Gasteiger partial charge is 0.286 e. The molecule has 2 aromatic heterocycles. The van der Waals surface area contributed by atoms with Gasteiger partial charge in [0.15, 0.2) is 5.69 Å². The zero-order chi connectivity index (χ0) is 26.5. The predicted octanol–water partition coefficient (Wildman–Crippen LogP) is 2.94. The molecule has 36 heavy (non-hydrogen) atoms. The quantitative estimate of drug-likeness (QED) is 0.392. The molecule has 0 unspecified atom stereocenters. The Kier molecular flexibility index (Phi) is 8.51. The number of sulfonamides is 1. The molecule has 3 rings (SSSR count). The summed E-state index contributed by atoms with van der Waals surface area (Å²) in [5.74, 6) is -0.463. The molecule has 0 saturated carbocycles. The second-order valence-electron chi connectivity index (χ2n) is 8.39. The maximum absolute atomic E-state index is 13.7. The van der Waals surface area contributed by atoms with E-state index in [0.29, 0.717) is 30.2 Å². The number of hydrogen-bond donors (Lipinski definition) is 2. The van der Waals surface area contributed by atoms with E-state index < -0.39 is 38.8 Å². The highest BCUT2D eigenvalue weighted by atomic mass is 32.2. The van der Waals surface area contributed by atoms with Gasteiger partial charge in [0.25, 0.3) is 5.56 Å². The molecule has 0 amide bonds. The average molecular weight is 518 g/mol. The second-order valence-corrected chi connectivity index (χ2v) is 10.2. The number of anilines is 1. The van der Waals surface area contributed by atoms with Crippen LogP contribution in [0.5, 0.6) is 17.4 Å². The highest BCUT2D eigenvalue weighted by Crippen LogP contribution is 2.33. The van der Waals surface area contributed by atoms with E-state index >= 15 is 0 Å². The van der Waals surface area contributed by atoms with Gasteiger partial charge in [0.05, 0.1) is 20.0 Å². The van der Waals surface area contributed by atoms with Crippen molar-refractivity contribution in [2.45, 2.75) is 46.0 Å². The number of nitrogens with zero attached hydrogens (tertiary/aromatic N) is 4. The lowest BCUT2D eigenvalue weighted by molar-refractivity contribution is 0.388. The molecule has 1 aromatic carbocycles. The van der Waals surface area contributed by atoms with Gasteiger partial charge in [-0.05, 0) is 31.0 Å². The third kappa shape index (κ3) is 5.93. The van der Waals surface area contributed by atoms with Gasteiger partial charge in [0.1, 0.15) is 28.8 Å². The number of rotatable bonds is 11. The Morgan fingerprint density at radius 1 is 1.14 bits per heavy atom. The molecule has 0 aliphatic carbocycles. The van der Waals surface area contributed by atoms with E-state index in [4.69, 9.17) is 9.47 Å². The summed E-state index contributed by atoms with van der Waals surface area (Å²) in [7, 11) is -1.21. The summed E-state index contributed by atoms with van der Waals surface area (Å²) in [4.78, 5) is 26.2. The molecular weight excluding hydrogens is 486 g/mol. The van der Waals surface area contributed by atoms with Crippen LogP contribution in [0.25, 0.3) is 5.69 Å². The van der Waals surface area contributed by atoms with Crippen molar-refractivity contribution in [1.82, 2.24) is 19.5 Å². The first-order chi connectivity index (χ1) is 17.1. The van der Waals surface area contributed by atoms with E-state index in [1.807, 2.05) is 13.8 Å². The van der Waals surface area contributed by atoms with Gasteiger partial charge in [-0.15, -0.1) is 0 Å². The van der Waals surface area contributed by atoms with Crippen LogP contribution < -0.4 is 19.8 Å². The minimum Gasteiger partial charge on any atom is -0.494 e. The number of methoxy groups -OCH3 is 2. The zero-order valence-electron chi connectivity index (χ0n) is 21.0. The maximum atomic E-state index is 13.7. The van der Waals surface area contributed by atoms with Crippen molar-refractivity contribution >= 4 is 15.7 Å². The van der Waals surface area contributed by atoms with Crippen molar-refractivity contribution in [3.05, 3.63) is 58.2 Å². The summed E-state index contributed by atoms with van der Waals surface area (Å²) in [6.07, 6.45) is 5.05. The van der Waals surface area contributed by atoms with Crippen molar-refractivity contribution in [1.29, 1.82) is 0 Å².